The van der Waals surface area contributed by atoms with Crippen LogP contribution in [0.2, 0.25) is 0 Å². The van der Waals surface area contributed by atoms with Crippen molar-refractivity contribution >= 4 is 37.5 Å². The summed E-state index contributed by atoms with van der Waals surface area (Å²) >= 11 is 1.33. The lowest BCUT2D eigenvalue weighted by Gasteiger charge is -2.31. The monoisotopic (exact) mass is 355 g/mol. The number of aromatic nitrogens is 1. The van der Waals surface area contributed by atoms with Gasteiger partial charge in [0.05, 0.1) is 29.2 Å². The van der Waals surface area contributed by atoms with Crippen LogP contribution in [-0.4, -0.2) is 62.2 Å². The molecule has 0 aliphatic carbocycles. The van der Waals surface area contributed by atoms with Crippen LogP contribution in [0.15, 0.2) is 24.3 Å². The molecule has 2 heterocycles. The summed E-state index contributed by atoms with van der Waals surface area (Å²) in [6.07, 6.45) is 0.825. The van der Waals surface area contributed by atoms with Gasteiger partial charge in [0.1, 0.15) is 0 Å². The second-order valence-corrected chi connectivity index (χ2v) is 8.32. The highest BCUT2D eigenvalue weighted by Crippen LogP contribution is 2.21. The second-order valence-electron chi connectivity index (χ2n) is 5.31. The summed E-state index contributed by atoms with van der Waals surface area (Å²) in [5.74, 6) is -0.272. The Hall–Kier alpha value is -1.55. The first-order valence-electron chi connectivity index (χ1n) is 7.14. The van der Waals surface area contributed by atoms with E-state index in [1.807, 2.05) is 24.3 Å². The minimum absolute atomic E-state index is 0.249. The number of rotatable bonds is 4. The standard InChI is InChI=1S/C14H17N3O4S2/c1-23(19,20)17-6-7-21-10(9-17)8-15-13(18)14-16-11-4-2-3-5-12(11)22-14/h2-5,10H,6-9H2,1H3,(H,15,18)/t10-/m0/s1. The molecule has 1 amide bonds. The quantitative estimate of drug-likeness (QED) is 0.872. The molecule has 1 aromatic heterocycles. The topological polar surface area (TPSA) is 88.6 Å². The maximum Gasteiger partial charge on any atom is 0.280 e. The summed E-state index contributed by atoms with van der Waals surface area (Å²) in [7, 11) is -3.24. The second kappa shape index (κ2) is 6.52. The van der Waals surface area contributed by atoms with Gasteiger partial charge in [0.15, 0.2) is 5.01 Å². The SMILES string of the molecule is CS(=O)(=O)N1CCO[C@@H](CNC(=O)c2nc3ccccc3s2)C1. The number of ether oxygens (including phenoxy) is 1. The Kier molecular flexibility index (Phi) is 4.62. The van der Waals surface area contributed by atoms with E-state index < -0.39 is 10.0 Å². The Morgan fingerprint density at radius 2 is 2.26 bits per heavy atom. The molecule has 0 unspecified atom stereocenters. The Balaban J connectivity index is 1.60. The van der Waals surface area contributed by atoms with E-state index in [0.29, 0.717) is 18.2 Å². The van der Waals surface area contributed by atoms with Crippen molar-refractivity contribution in [2.75, 3.05) is 32.5 Å². The molecule has 23 heavy (non-hydrogen) atoms. The third kappa shape index (κ3) is 3.86. The minimum atomic E-state index is -3.24. The van der Waals surface area contributed by atoms with Gasteiger partial charge in [-0.25, -0.2) is 13.4 Å². The van der Waals surface area contributed by atoms with Crippen molar-refractivity contribution in [2.45, 2.75) is 6.10 Å². The van der Waals surface area contributed by atoms with Crippen molar-refractivity contribution < 1.29 is 17.9 Å². The molecule has 3 rings (SSSR count). The molecule has 1 aliphatic heterocycles. The molecule has 1 aliphatic rings. The summed E-state index contributed by atoms with van der Waals surface area (Å²) < 4.78 is 31.0. The molecular formula is C14H17N3O4S2. The number of fused-ring (bicyclic) bond motifs is 1. The molecule has 1 saturated heterocycles. The number of benzene rings is 1. The van der Waals surface area contributed by atoms with Gasteiger partial charge in [0.25, 0.3) is 5.91 Å². The fourth-order valence-corrected chi connectivity index (χ4v) is 4.09. The van der Waals surface area contributed by atoms with Crippen LogP contribution in [-0.2, 0) is 14.8 Å². The molecule has 1 fully saturated rings. The Labute approximate surface area is 138 Å². The molecule has 1 N–H and O–H groups in total. The largest absolute Gasteiger partial charge is 0.374 e. The number of nitrogens with zero attached hydrogens (tertiary/aromatic N) is 2. The zero-order valence-corrected chi connectivity index (χ0v) is 14.2. The molecule has 7 nitrogen and oxygen atoms in total. The molecule has 2 aromatic rings. The first-order chi connectivity index (χ1) is 10.9. The van der Waals surface area contributed by atoms with E-state index in [1.165, 1.54) is 21.9 Å². The summed E-state index contributed by atoms with van der Waals surface area (Å²) in [5.41, 5.74) is 0.791. The van der Waals surface area contributed by atoms with E-state index >= 15 is 0 Å². The van der Waals surface area contributed by atoms with Crippen molar-refractivity contribution in [3.05, 3.63) is 29.3 Å². The number of thiazole rings is 1. The van der Waals surface area contributed by atoms with Gasteiger partial charge in [-0.15, -0.1) is 11.3 Å². The van der Waals surface area contributed by atoms with Crippen molar-refractivity contribution in [1.29, 1.82) is 0 Å². The average Bonchev–Trinajstić information content (AvgIpc) is 2.96. The van der Waals surface area contributed by atoms with E-state index in [2.05, 4.69) is 10.3 Å². The lowest BCUT2D eigenvalue weighted by Crippen LogP contribution is -2.49. The predicted octanol–water partition coefficient (Wildman–Crippen LogP) is 0.687. The molecular weight excluding hydrogens is 338 g/mol. The molecule has 1 aromatic carbocycles. The third-order valence-electron chi connectivity index (χ3n) is 3.55. The highest BCUT2D eigenvalue weighted by molar-refractivity contribution is 7.88. The summed E-state index contributed by atoms with van der Waals surface area (Å²) in [6.45, 7) is 1.18. The molecule has 0 saturated carbocycles. The molecule has 124 valence electrons. The number of amides is 1. The molecule has 0 radical (unpaired) electrons. The van der Waals surface area contributed by atoms with E-state index in [0.717, 1.165) is 10.2 Å². The van der Waals surface area contributed by atoms with Gasteiger partial charge in [-0.05, 0) is 12.1 Å². The van der Waals surface area contributed by atoms with E-state index in [-0.39, 0.29) is 25.1 Å². The van der Waals surface area contributed by atoms with Crippen LogP contribution in [0.3, 0.4) is 0 Å². The average molecular weight is 355 g/mol. The molecule has 9 heteroatoms. The van der Waals surface area contributed by atoms with E-state index in [9.17, 15) is 13.2 Å². The van der Waals surface area contributed by atoms with Gasteiger partial charge in [0, 0.05) is 19.6 Å². The number of carbonyl (C=O) groups is 1. The maximum absolute atomic E-state index is 12.2. The maximum atomic E-state index is 12.2. The van der Waals surface area contributed by atoms with E-state index in [1.54, 1.807) is 0 Å². The van der Waals surface area contributed by atoms with Crippen LogP contribution in [0.25, 0.3) is 10.2 Å². The molecule has 1 atom stereocenters. The summed E-state index contributed by atoms with van der Waals surface area (Å²) in [4.78, 5) is 16.5. The smallest absolute Gasteiger partial charge is 0.280 e. The minimum Gasteiger partial charge on any atom is -0.374 e. The molecule has 0 spiro atoms. The number of nitrogens with one attached hydrogen (secondary N) is 1. The normalized spacial score (nSPS) is 19.8. The summed E-state index contributed by atoms with van der Waals surface area (Å²) in [5, 5.41) is 3.15. The lowest BCUT2D eigenvalue weighted by molar-refractivity contribution is 0.000438. The highest BCUT2D eigenvalue weighted by Gasteiger charge is 2.27. The number of hydrogen-bond donors (Lipinski definition) is 1. The Bertz CT molecular complexity index is 785. The highest BCUT2D eigenvalue weighted by atomic mass is 32.2. The number of sulfonamides is 1. The number of para-hydroxylation sites is 1. The Morgan fingerprint density at radius 3 is 3.00 bits per heavy atom. The zero-order valence-electron chi connectivity index (χ0n) is 12.6. The third-order valence-corrected chi connectivity index (χ3v) is 5.85. The fraction of sp³-hybridized carbons (Fsp3) is 0.429. The van der Waals surface area contributed by atoms with Gasteiger partial charge < -0.3 is 10.1 Å². The van der Waals surface area contributed by atoms with Gasteiger partial charge in [0.2, 0.25) is 10.0 Å². The van der Waals surface area contributed by atoms with Crippen molar-refractivity contribution in [3.63, 3.8) is 0 Å². The van der Waals surface area contributed by atoms with Crippen LogP contribution in [0.1, 0.15) is 9.80 Å². The van der Waals surface area contributed by atoms with Crippen LogP contribution >= 0.6 is 11.3 Å². The zero-order chi connectivity index (χ0) is 16.4. The van der Waals surface area contributed by atoms with Crippen molar-refractivity contribution in [1.82, 2.24) is 14.6 Å². The van der Waals surface area contributed by atoms with Gasteiger partial charge >= 0.3 is 0 Å². The van der Waals surface area contributed by atoms with Crippen molar-refractivity contribution in [3.8, 4) is 0 Å². The van der Waals surface area contributed by atoms with Gasteiger partial charge in [-0.2, -0.15) is 4.31 Å². The predicted molar refractivity (Wildman–Crippen MR) is 88.1 cm³/mol. The lowest BCUT2D eigenvalue weighted by atomic mass is 10.3. The van der Waals surface area contributed by atoms with Crippen LogP contribution in [0.5, 0.6) is 0 Å². The number of carbonyl (C=O) groups excluding carboxylic acids is 1. The molecule has 0 bridgehead atoms. The van der Waals surface area contributed by atoms with Gasteiger partial charge in [-0.1, -0.05) is 12.1 Å². The van der Waals surface area contributed by atoms with Gasteiger partial charge in [-0.3, -0.25) is 4.79 Å². The Morgan fingerprint density at radius 1 is 1.48 bits per heavy atom. The first-order valence-corrected chi connectivity index (χ1v) is 9.80. The van der Waals surface area contributed by atoms with Crippen LogP contribution in [0.4, 0.5) is 0 Å². The van der Waals surface area contributed by atoms with Crippen LogP contribution in [0, 0.1) is 0 Å². The number of hydrogen-bond acceptors (Lipinski definition) is 6. The van der Waals surface area contributed by atoms with E-state index in [4.69, 9.17) is 4.74 Å². The summed E-state index contributed by atoms with van der Waals surface area (Å²) in [6, 6.07) is 7.55. The van der Waals surface area contributed by atoms with Crippen LogP contribution < -0.4 is 5.32 Å². The fourth-order valence-electron chi connectivity index (χ4n) is 2.37. The number of morpholine rings is 1. The first kappa shape index (κ1) is 16.3. The van der Waals surface area contributed by atoms with Crippen molar-refractivity contribution in [2.24, 2.45) is 0 Å².